The van der Waals surface area contributed by atoms with Crippen LogP contribution >= 0.6 is 0 Å². The molecule has 1 aliphatic rings. The van der Waals surface area contributed by atoms with Crippen LogP contribution in [0.4, 0.5) is 0 Å². The number of hydrogen-bond donors (Lipinski definition) is 5. The molecule has 1 aromatic rings. The normalized spacial score (nSPS) is 16.6. The van der Waals surface area contributed by atoms with Gasteiger partial charge in [-0.25, -0.2) is 5.48 Å². The van der Waals surface area contributed by atoms with Crippen molar-refractivity contribution in [1.82, 2.24) is 16.1 Å². The second-order valence-corrected chi connectivity index (χ2v) is 8.96. The summed E-state index contributed by atoms with van der Waals surface area (Å²) in [5.41, 5.74) is 4.13. The summed E-state index contributed by atoms with van der Waals surface area (Å²) >= 11 is 0. The molecule has 3 atom stereocenters. The Morgan fingerprint density at radius 1 is 1.03 bits per heavy atom. The Hall–Kier alpha value is -2.45. The molecular formula is C22H33N3O5. The lowest BCUT2D eigenvalue weighted by Gasteiger charge is -2.32. The van der Waals surface area contributed by atoms with E-state index in [9.17, 15) is 19.5 Å². The largest absolute Gasteiger partial charge is 0.382 e. The van der Waals surface area contributed by atoms with Crippen molar-refractivity contribution >= 4 is 17.7 Å². The molecule has 30 heavy (non-hydrogen) atoms. The molecule has 8 nitrogen and oxygen atoms in total. The van der Waals surface area contributed by atoms with Crippen LogP contribution in [0.2, 0.25) is 0 Å². The van der Waals surface area contributed by atoms with E-state index < -0.39 is 35.3 Å². The number of aryl methyl sites for hydroxylation is 2. The molecule has 0 aromatic heterocycles. The number of rotatable bonds is 7. The lowest BCUT2D eigenvalue weighted by Crippen LogP contribution is -2.56. The lowest BCUT2D eigenvalue weighted by atomic mass is 9.84. The van der Waals surface area contributed by atoms with Gasteiger partial charge in [0.25, 0.3) is 5.91 Å². The maximum absolute atomic E-state index is 13.1. The molecule has 8 heteroatoms. The first-order chi connectivity index (χ1) is 14.1. The summed E-state index contributed by atoms with van der Waals surface area (Å²) in [5.74, 6) is -3.24. The molecular weight excluding hydrogens is 386 g/mol. The number of benzene rings is 1. The summed E-state index contributed by atoms with van der Waals surface area (Å²) in [7, 11) is 1.48. The zero-order valence-corrected chi connectivity index (χ0v) is 18.1. The molecule has 0 saturated carbocycles. The molecule has 0 bridgehead atoms. The third-order valence-corrected chi connectivity index (χ3v) is 5.63. The Balaban J connectivity index is 2.29. The molecule has 1 aromatic carbocycles. The molecule has 0 fully saturated rings. The van der Waals surface area contributed by atoms with Gasteiger partial charge in [0, 0.05) is 7.05 Å². The number of carbonyl (C=O) groups excluding carboxylic acids is 3. The Bertz CT molecular complexity index is 787. The molecule has 0 heterocycles. The van der Waals surface area contributed by atoms with Crippen LogP contribution in [-0.4, -0.2) is 47.2 Å². The summed E-state index contributed by atoms with van der Waals surface area (Å²) in [6.07, 6.45) is 2.57. The second-order valence-electron chi connectivity index (χ2n) is 8.96. The van der Waals surface area contributed by atoms with E-state index in [0.717, 1.165) is 31.2 Å². The van der Waals surface area contributed by atoms with Gasteiger partial charge in [0.1, 0.15) is 12.1 Å². The van der Waals surface area contributed by atoms with Gasteiger partial charge in [-0.1, -0.05) is 39.0 Å². The predicted octanol–water partition coefficient (Wildman–Crippen LogP) is 0.867. The van der Waals surface area contributed by atoms with Crippen LogP contribution in [0.3, 0.4) is 0 Å². The summed E-state index contributed by atoms with van der Waals surface area (Å²) in [6.45, 7) is 5.42. The van der Waals surface area contributed by atoms with Crippen LogP contribution in [-0.2, 0) is 33.6 Å². The number of nitrogens with one attached hydrogen (secondary N) is 3. The maximum atomic E-state index is 13.1. The Morgan fingerprint density at radius 2 is 1.67 bits per heavy atom. The van der Waals surface area contributed by atoms with Crippen LogP contribution in [0.5, 0.6) is 0 Å². The molecule has 0 unspecified atom stereocenters. The SMILES string of the molecule is CNC(=O)[C@@H](NC(=O)[C@H](Cc1ccc2c(c1)CCCC2)[C@H](O)C(=O)NO)C(C)(C)C. The van der Waals surface area contributed by atoms with Crippen molar-refractivity contribution in [3.63, 3.8) is 0 Å². The van der Waals surface area contributed by atoms with Crippen LogP contribution in [0, 0.1) is 11.3 Å². The first kappa shape index (κ1) is 23.8. The van der Waals surface area contributed by atoms with Crippen LogP contribution in [0.15, 0.2) is 18.2 Å². The average molecular weight is 420 g/mol. The van der Waals surface area contributed by atoms with Crippen molar-refractivity contribution in [2.24, 2.45) is 11.3 Å². The first-order valence-corrected chi connectivity index (χ1v) is 10.3. The molecule has 3 amide bonds. The average Bonchev–Trinajstić information content (AvgIpc) is 2.73. The monoisotopic (exact) mass is 419 g/mol. The fraction of sp³-hybridized carbons (Fsp3) is 0.591. The Morgan fingerprint density at radius 3 is 2.23 bits per heavy atom. The minimum atomic E-state index is -1.77. The maximum Gasteiger partial charge on any atom is 0.272 e. The number of carbonyl (C=O) groups is 3. The number of hydroxylamine groups is 1. The molecule has 0 spiro atoms. The topological polar surface area (TPSA) is 128 Å². The third kappa shape index (κ3) is 5.79. The van der Waals surface area contributed by atoms with Gasteiger partial charge in [-0.3, -0.25) is 19.6 Å². The van der Waals surface area contributed by atoms with E-state index in [1.807, 2.05) is 39.0 Å². The summed E-state index contributed by atoms with van der Waals surface area (Å²) in [6, 6.07) is 5.08. The van der Waals surface area contributed by atoms with Crippen LogP contribution in [0.1, 0.15) is 50.3 Å². The number of aliphatic hydroxyl groups is 1. The van der Waals surface area contributed by atoms with Crippen molar-refractivity contribution in [3.05, 3.63) is 34.9 Å². The van der Waals surface area contributed by atoms with Gasteiger partial charge in [0.15, 0.2) is 0 Å². The summed E-state index contributed by atoms with van der Waals surface area (Å²) in [4.78, 5) is 37.2. The van der Waals surface area contributed by atoms with Crippen molar-refractivity contribution in [2.75, 3.05) is 7.05 Å². The number of aliphatic hydroxyl groups excluding tert-OH is 1. The van der Waals surface area contributed by atoms with Crippen LogP contribution < -0.4 is 16.1 Å². The van der Waals surface area contributed by atoms with Gasteiger partial charge >= 0.3 is 0 Å². The predicted molar refractivity (Wildman–Crippen MR) is 112 cm³/mol. The van der Waals surface area contributed by atoms with E-state index in [2.05, 4.69) is 10.6 Å². The lowest BCUT2D eigenvalue weighted by molar-refractivity contribution is -0.147. The Labute approximate surface area is 177 Å². The molecule has 1 aliphatic carbocycles. The van der Waals surface area contributed by atoms with Gasteiger partial charge in [0.2, 0.25) is 11.8 Å². The van der Waals surface area contributed by atoms with Gasteiger partial charge in [-0.05, 0) is 54.2 Å². The highest BCUT2D eigenvalue weighted by Crippen LogP contribution is 2.25. The highest BCUT2D eigenvalue weighted by molar-refractivity contribution is 5.92. The number of hydrogen-bond acceptors (Lipinski definition) is 5. The third-order valence-electron chi connectivity index (χ3n) is 5.63. The quantitative estimate of drug-likeness (QED) is 0.331. The number of fused-ring (bicyclic) bond motifs is 1. The van der Waals surface area contributed by atoms with Gasteiger partial charge in [-0.15, -0.1) is 0 Å². The van der Waals surface area contributed by atoms with E-state index in [1.165, 1.54) is 23.7 Å². The number of amides is 3. The Kier molecular flexibility index (Phi) is 7.97. The molecule has 5 N–H and O–H groups in total. The minimum Gasteiger partial charge on any atom is -0.382 e. The molecule has 166 valence electrons. The minimum absolute atomic E-state index is 0.0955. The van der Waals surface area contributed by atoms with E-state index in [0.29, 0.717) is 0 Å². The summed E-state index contributed by atoms with van der Waals surface area (Å²) in [5, 5.41) is 24.6. The summed E-state index contributed by atoms with van der Waals surface area (Å²) < 4.78 is 0. The smallest absolute Gasteiger partial charge is 0.272 e. The highest BCUT2D eigenvalue weighted by atomic mass is 16.5. The zero-order chi connectivity index (χ0) is 22.5. The molecule has 0 aliphatic heterocycles. The van der Waals surface area contributed by atoms with Crippen molar-refractivity contribution in [3.8, 4) is 0 Å². The van der Waals surface area contributed by atoms with Crippen molar-refractivity contribution < 1.29 is 24.7 Å². The zero-order valence-electron chi connectivity index (χ0n) is 18.1. The fourth-order valence-electron chi connectivity index (χ4n) is 3.83. The molecule has 0 radical (unpaired) electrons. The van der Waals surface area contributed by atoms with Crippen LogP contribution in [0.25, 0.3) is 0 Å². The highest BCUT2D eigenvalue weighted by Gasteiger charge is 2.38. The second kappa shape index (κ2) is 10.0. The number of likely N-dealkylation sites (N-methyl/N-ethyl adjacent to an activating group) is 1. The van der Waals surface area contributed by atoms with Gasteiger partial charge in [0.05, 0.1) is 5.92 Å². The van der Waals surface area contributed by atoms with Gasteiger partial charge in [-0.2, -0.15) is 0 Å². The molecule has 0 saturated heterocycles. The molecule has 2 rings (SSSR count). The van der Waals surface area contributed by atoms with E-state index in [1.54, 1.807) is 0 Å². The van der Waals surface area contributed by atoms with Crippen molar-refractivity contribution in [2.45, 2.75) is 65.0 Å². The van der Waals surface area contributed by atoms with E-state index >= 15 is 0 Å². The van der Waals surface area contributed by atoms with E-state index in [4.69, 9.17) is 5.21 Å². The standard InChI is InChI=1S/C22H33N3O5/c1-22(2,3)18(21(29)23-4)24-19(27)16(17(26)20(28)25-30)12-13-9-10-14-7-5-6-8-15(14)11-13/h9-11,16-18,26,30H,5-8,12H2,1-4H3,(H,23,29)(H,24,27)(H,25,28)/t16-,17+,18-/m1/s1. The first-order valence-electron chi connectivity index (χ1n) is 10.3. The van der Waals surface area contributed by atoms with Crippen molar-refractivity contribution in [1.29, 1.82) is 0 Å². The fourth-order valence-corrected chi connectivity index (χ4v) is 3.83. The van der Waals surface area contributed by atoms with E-state index in [-0.39, 0.29) is 12.3 Å². The van der Waals surface area contributed by atoms with Gasteiger partial charge < -0.3 is 15.7 Å².